The zero-order chi connectivity index (χ0) is 13.4. The van der Waals surface area contributed by atoms with Crippen LogP contribution in [0.5, 0.6) is 11.5 Å². The van der Waals surface area contributed by atoms with Crippen molar-refractivity contribution in [1.29, 1.82) is 0 Å². The fourth-order valence-corrected chi connectivity index (χ4v) is 3.69. The second kappa shape index (κ2) is 5.15. The molecule has 1 aliphatic heterocycles. The molecule has 0 amide bonds. The van der Waals surface area contributed by atoms with Gasteiger partial charge in [-0.1, -0.05) is 0 Å². The molecule has 3 rings (SSSR count). The first-order valence-corrected chi connectivity index (χ1v) is 7.56. The topological polar surface area (TPSA) is 38.7 Å². The molecule has 1 N–H and O–H groups in total. The smallest absolute Gasteiger partial charge is 0.136 e. The van der Waals surface area contributed by atoms with Crippen molar-refractivity contribution >= 4 is 27.3 Å². The molecular formula is C14H13BrO3S. The SMILES string of the molecule is COc1ccc2c(c1)OC(c1ccc(Br)s1)C[C@@H]2O. The Morgan fingerprint density at radius 3 is 2.89 bits per heavy atom. The van der Waals surface area contributed by atoms with Crippen LogP contribution in [0.2, 0.25) is 0 Å². The van der Waals surface area contributed by atoms with Crippen molar-refractivity contribution in [3.05, 3.63) is 44.6 Å². The van der Waals surface area contributed by atoms with Crippen molar-refractivity contribution < 1.29 is 14.6 Å². The Kier molecular flexibility index (Phi) is 3.52. The van der Waals surface area contributed by atoms with Crippen molar-refractivity contribution in [3.63, 3.8) is 0 Å². The maximum Gasteiger partial charge on any atom is 0.136 e. The molecule has 100 valence electrons. The Morgan fingerprint density at radius 2 is 2.21 bits per heavy atom. The third-order valence-electron chi connectivity index (χ3n) is 3.20. The van der Waals surface area contributed by atoms with Crippen LogP contribution < -0.4 is 9.47 Å². The van der Waals surface area contributed by atoms with Crippen molar-refractivity contribution in [3.8, 4) is 11.5 Å². The van der Waals surface area contributed by atoms with Crippen LogP contribution in [0.1, 0.15) is 29.1 Å². The molecule has 2 aromatic rings. The van der Waals surface area contributed by atoms with Crippen LogP contribution in [0, 0.1) is 0 Å². The number of aliphatic hydroxyl groups is 1. The predicted molar refractivity (Wildman–Crippen MR) is 78.0 cm³/mol. The Morgan fingerprint density at radius 1 is 1.37 bits per heavy atom. The molecule has 0 saturated heterocycles. The van der Waals surface area contributed by atoms with Gasteiger partial charge in [-0.05, 0) is 40.2 Å². The molecule has 2 atom stereocenters. The number of rotatable bonds is 2. The van der Waals surface area contributed by atoms with Crippen LogP contribution >= 0.6 is 27.3 Å². The second-order valence-electron chi connectivity index (χ2n) is 4.40. The zero-order valence-electron chi connectivity index (χ0n) is 10.3. The van der Waals surface area contributed by atoms with Gasteiger partial charge in [0, 0.05) is 22.9 Å². The van der Waals surface area contributed by atoms with E-state index in [0.29, 0.717) is 12.2 Å². The summed E-state index contributed by atoms with van der Waals surface area (Å²) in [5.74, 6) is 1.44. The molecule has 0 saturated carbocycles. The van der Waals surface area contributed by atoms with Gasteiger partial charge in [0.1, 0.15) is 17.6 Å². The van der Waals surface area contributed by atoms with E-state index in [1.165, 1.54) is 0 Å². The van der Waals surface area contributed by atoms with Crippen LogP contribution in [0.15, 0.2) is 34.1 Å². The molecule has 3 nitrogen and oxygen atoms in total. The highest BCUT2D eigenvalue weighted by molar-refractivity contribution is 9.11. The molecule has 1 aliphatic rings. The Hall–Kier alpha value is -1.04. The lowest BCUT2D eigenvalue weighted by Gasteiger charge is -2.29. The van der Waals surface area contributed by atoms with Crippen LogP contribution in [-0.2, 0) is 0 Å². The van der Waals surface area contributed by atoms with Gasteiger partial charge in [0.15, 0.2) is 0 Å². The maximum absolute atomic E-state index is 10.2. The minimum atomic E-state index is -0.500. The van der Waals surface area contributed by atoms with E-state index in [0.717, 1.165) is 20.0 Å². The third kappa shape index (κ3) is 2.50. The average Bonchev–Trinajstić information content (AvgIpc) is 2.84. The number of hydrogen-bond acceptors (Lipinski definition) is 4. The number of benzene rings is 1. The minimum absolute atomic E-state index is 0.106. The molecule has 1 unspecified atom stereocenters. The van der Waals surface area contributed by atoms with Crippen molar-refractivity contribution in [1.82, 2.24) is 0 Å². The van der Waals surface area contributed by atoms with E-state index in [1.54, 1.807) is 18.4 Å². The number of thiophene rings is 1. The van der Waals surface area contributed by atoms with E-state index in [4.69, 9.17) is 9.47 Å². The molecule has 1 aromatic heterocycles. The molecule has 19 heavy (non-hydrogen) atoms. The summed E-state index contributed by atoms with van der Waals surface area (Å²) in [6.45, 7) is 0. The highest BCUT2D eigenvalue weighted by atomic mass is 79.9. The van der Waals surface area contributed by atoms with Crippen molar-refractivity contribution in [2.24, 2.45) is 0 Å². The van der Waals surface area contributed by atoms with Crippen molar-refractivity contribution in [2.75, 3.05) is 7.11 Å². The number of aliphatic hydroxyl groups excluding tert-OH is 1. The van der Waals surface area contributed by atoms with E-state index < -0.39 is 6.10 Å². The van der Waals surface area contributed by atoms with E-state index >= 15 is 0 Å². The molecule has 0 fully saturated rings. The van der Waals surface area contributed by atoms with Gasteiger partial charge in [0.25, 0.3) is 0 Å². The summed E-state index contributed by atoms with van der Waals surface area (Å²) in [6.07, 6.45) is -0.0295. The van der Waals surface area contributed by atoms with Gasteiger partial charge in [-0.2, -0.15) is 0 Å². The van der Waals surface area contributed by atoms with E-state index in [9.17, 15) is 5.11 Å². The molecule has 0 bridgehead atoms. The standard InChI is InChI=1S/C14H13BrO3S/c1-17-8-2-3-9-10(16)7-12(18-11(9)6-8)13-4-5-14(15)19-13/h2-6,10,12,16H,7H2,1H3/t10-,12?/m0/s1. The summed E-state index contributed by atoms with van der Waals surface area (Å²) in [5.41, 5.74) is 0.827. The quantitative estimate of drug-likeness (QED) is 0.895. The number of hydrogen-bond donors (Lipinski definition) is 1. The summed E-state index contributed by atoms with van der Waals surface area (Å²) < 4.78 is 12.3. The Labute approximate surface area is 123 Å². The summed E-state index contributed by atoms with van der Waals surface area (Å²) in [4.78, 5) is 1.11. The van der Waals surface area contributed by atoms with Crippen LogP contribution in [0.25, 0.3) is 0 Å². The third-order valence-corrected chi connectivity index (χ3v) is 4.91. The second-order valence-corrected chi connectivity index (χ2v) is 6.90. The lowest BCUT2D eigenvalue weighted by molar-refractivity contribution is 0.0672. The van der Waals surface area contributed by atoms with Gasteiger partial charge in [0.05, 0.1) is 17.0 Å². The largest absolute Gasteiger partial charge is 0.497 e. The number of fused-ring (bicyclic) bond motifs is 1. The first-order valence-electron chi connectivity index (χ1n) is 5.95. The Bertz CT molecular complexity index is 596. The van der Waals surface area contributed by atoms with Gasteiger partial charge in [-0.25, -0.2) is 0 Å². The van der Waals surface area contributed by atoms with E-state index in [1.807, 2.05) is 30.3 Å². The Balaban J connectivity index is 1.93. The molecular weight excluding hydrogens is 328 g/mol. The summed E-state index contributed by atoms with van der Waals surface area (Å²) in [7, 11) is 1.62. The van der Waals surface area contributed by atoms with Gasteiger partial charge in [-0.15, -0.1) is 11.3 Å². The summed E-state index contributed by atoms with van der Waals surface area (Å²) in [5, 5.41) is 10.2. The number of ether oxygens (including phenoxy) is 2. The maximum atomic E-state index is 10.2. The lowest BCUT2D eigenvalue weighted by Crippen LogP contribution is -2.18. The number of methoxy groups -OCH3 is 1. The van der Waals surface area contributed by atoms with Gasteiger partial charge < -0.3 is 14.6 Å². The first kappa shape index (κ1) is 13.0. The number of halogens is 1. The van der Waals surface area contributed by atoms with Crippen LogP contribution in [0.3, 0.4) is 0 Å². The normalized spacial score (nSPS) is 21.6. The van der Waals surface area contributed by atoms with Crippen LogP contribution in [-0.4, -0.2) is 12.2 Å². The predicted octanol–water partition coefficient (Wildman–Crippen LogP) is 4.08. The molecule has 0 aliphatic carbocycles. The van der Waals surface area contributed by atoms with Crippen molar-refractivity contribution in [2.45, 2.75) is 18.6 Å². The molecule has 0 spiro atoms. The highest BCUT2D eigenvalue weighted by Crippen LogP contribution is 2.44. The summed E-state index contributed by atoms with van der Waals surface area (Å²) in [6, 6.07) is 9.55. The first-order chi connectivity index (χ1) is 9.17. The van der Waals surface area contributed by atoms with Gasteiger partial charge in [-0.3, -0.25) is 0 Å². The fourth-order valence-electron chi connectivity index (χ4n) is 2.23. The monoisotopic (exact) mass is 340 g/mol. The molecule has 0 radical (unpaired) electrons. The minimum Gasteiger partial charge on any atom is -0.497 e. The fraction of sp³-hybridized carbons (Fsp3) is 0.286. The molecule has 2 heterocycles. The average molecular weight is 341 g/mol. The van der Waals surface area contributed by atoms with Gasteiger partial charge in [0.2, 0.25) is 0 Å². The lowest BCUT2D eigenvalue weighted by atomic mass is 9.98. The summed E-state index contributed by atoms with van der Waals surface area (Å²) >= 11 is 5.08. The van der Waals surface area contributed by atoms with Crippen LogP contribution in [0.4, 0.5) is 0 Å². The molecule has 5 heteroatoms. The van der Waals surface area contributed by atoms with E-state index in [2.05, 4.69) is 15.9 Å². The highest BCUT2D eigenvalue weighted by Gasteiger charge is 2.29. The van der Waals surface area contributed by atoms with Gasteiger partial charge >= 0.3 is 0 Å². The van der Waals surface area contributed by atoms with E-state index in [-0.39, 0.29) is 6.10 Å². The zero-order valence-corrected chi connectivity index (χ0v) is 12.7. The molecule has 1 aromatic carbocycles.